The highest BCUT2D eigenvalue weighted by molar-refractivity contribution is 8.01. The summed E-state index contributed by atoms with van der Waals surface area (Å²) in [6.45, 7) is 2.16. The maximum absolute atomic E-state index is 9.61. The number of aliphatic hydroxyl groups excluding tert-OH is 1. The molecule has 11 heavy (non-hydrogen) atoms. The summed E-state index contributed by atoms with van der Waals surface area (Å²) >= 11 is 3.62. The highest BCUT2D eigenvalue weighted by Gasteiger charge is 2.23. The van der Waals surface area contributed by atoms with E-state index in [0.29, 0.717) is 5.25 Å². The maximum atomic E-state index is 9.61. The van der Waals surface area contributed by atoms with Crippen LogP contribution in [-0.2, 0) is 0 Å². The largest absolute Gasteiger partial charge is 0.388 e. The molecular weight excluding hydrogens is 176 g/mol. The molecule has 0 saturated heterocycles. The van der Waals surface area contributed by atoms with Gasteiger partial charge in [-0.1, -0.05) is 6.92 Å². The van der Waals surface area contributed by atoms with E-state index in [1.54, 1.807) is 11.3 Å². The van der Waals surface area contributed by atoms with Crippen molar-refractivity contribution in [1.82, 2.24) is 0 Å². The lowest BCUT2D eigenvalue weighted by atomic mass is 10.1. The maximum Gasteiger partial charge on any atom is 0.0819 e. The number of thiophene rings is 1. The van der Waals surface area contributed by atoms with E-state index < -0.39 is 0 Å². The zero-order valence-corrected chi connectivity index (χ0v) is 7.91. The van der Waals surface area contributed by atoms with Crippen molar-refractivity contribution in [2.45, 2.75) is 28.9 Å². The number of thioether (sulfide) groups is 1. The third kappa shape index (κ3) is 1.33. The summed E-state index contributed by atoms with van der Waals surface area (Å²) < 4.78 is 1.30. The molecule has 0 fully saturated rings. The summed E-state index contributed by atoms with van der Waals surface area (Å²) in [6.07, 6.45) is 0.682. The fourth-order valence-electron chi connectivity index (χ4n) is 1.32. The molecule has 1 aromatic rings. The van der Waals surface area contributed by atoms with E-state index in [1.807, 2.05) is 17.8 Å². The predicted octanol–water partition coefficient (Wildman–Crippen LogP) is 2.67. The van der Waals surface area contributed by atoms with Crippen LogP contribution in [0.4, 0.5) is 0 Å². The zero-order chi connectivity index (χ0) is 7.84. The van der Waals surface area contributed by atoms with E-state index in [9.17, 15) is 5.11 Å². The van der Waals surface area contributed by atoms with Gasteiger partial charge in [-0.05, 0) is 17.9 Å². The average molecular weight is 186 g/mol. The van der Waals surface area contributed by atoms with Gasteiger partial charge in [-0.25, -0.2) is 0 Å². The van der Waals surface area contributed by atoms with Crippen molar-refractivity contribution < 1.29 is 5.11 Å². The summed E-state index contributed by atoms with van der Waals surface area (Å²) in [7, 11) is 0. The highest BCUT2D eigenvalue weighted by Crippen LogP contribution is 2.43. The Kier molecular flexibility index (Phi) is 1.95. The number of rotatable bonds is 0. The molecule has 1 N–H and O–H groups in total. The molecule has 60 valence electrons. The molecule has 0 spiro atoms. The molecule has 0 aliphatic carbocycles. The molecule has 0 bridgehead atoms. The van der Waals surface area contributed by atoms with Gasteiger partial charge >= 0.3 is 0 Å². The first-order chi connectivity index (χ1) is 5.27. The number of hydrogen-bond donors (Lipinski definition) is 1. The lowest BCUT2D eigenvalue weighted by molar-refractivity contribution is 0.164. The van der Waals surface area contributed by atoms with Crippen molar-refractivity contribution in [3.05, 3.63) is 17.0 Å². The van der Waals surface area contributed by atoms with E-state index in [4.69, 9.17) is 0 Å². The Morgan fingerprint density at radius 2 is 2.45 bits per heavy atom. The van der Waals surface area contributed by atoms with Crippen molar-refractivity contribution >= 4 is 23.1 Å². The summed E-state index contributed by atoms with van der Waals surface area (Å²) in [4.78, 5) is 0. The number of aliphatic hydroxyl groups is 1. The van der Waals surface area contributed by atoms with Gasteiger partial charge in [-0.2, -0.15) is 0 Å². The fraction of sp³-hybridized carbons (Fsp3) is 0.500. The SMILES string of the molecule is C[C@@H]1CC(O)c2ccsc2S1. The molecule has 1 nitrogen and oxygen atoms in total. The molecule has 1 aromatic heterocycles. The van der Waals surface area contributed by atoms with E-state index in [-0.39, 0.29) is 6.10 Å². The predicted molar refractivity (Wildman–Crippen MR) is 49.2 cm³/mol. The molecule has 3 heteroatoms. The minimum atomic E-state index is -0.215. The molecule has 0 aromatic carbocycles. The molecule has 2 heterocycles. The molecule has 0 amide bonds. The topological polar surface area (TPSA) is 20.2 Å². The number of hydrogen-bond acceptors (Lipinski definition) is 3. The molecule has 2 atom stereocenters. The first-order valence-electron chi connectivity index (χ1n) is 3.69. The van der Waals surface area contributed by atoms with E-state index >= 15 is 0 Å². The Balaban J connectivity index is 2.36. The molecule has 2 rings (SSSR count). The lowest BCUT2D eigenvalue weighted by Gasteiger charge is -2.22. The van der Waals surface area contributed by atoms with Crippen molar-refractivity contribution in [2.75, 3.05) is 0 Å². The van der Waals surface area contributed by atoms with Crippen molar-refractivity contribution in [1.29, 1.82) is 0 Å². The van der Waals surface area contributed by atoms with E-state index in [2.05, 4.69) is 12.3 Å². The summed E-state index contributed by atoms with van der Waals surface area (Å²) in [5.41, 5.74) is 1.14. The Morgan fingerprint density at radius 1 is 1.64 bits per heavy atom. The average Bonchev–Trinajstić information content (AvgIpc) is 2.34. The van der Waals surface area contributed by atoms with Gasteiger partial charge in [0.1, 0.15) is 0 Å². The van der Waals surface area contributed by atoms with Crippen LogP contribution in [0.5, 0.6) is 0 Å². The second-order valence-corrected chi connectivity index (χ2v) is 5.47. The zero-order valence-electron chi connectivity index (χ0n) is 6.28. The van der Waals surface area contributed by atoms with Crippen LogP contribution in [0.25, 0.3) is 0 Å². The van der Waals surface area contributed by atoms with Crippen molar-refractivity contribution in [3.63, 3.8) is 0 Å². The van der Waals surface area contributed by atoms with Crippen LogP contribution in [-0.4, -0.2) is 10.4 Å². The van der Waals surface area contributed by atoms with Gasteiger partial charge in [0.05, 0.1) is 10.3 Å². The second kappa shape index (κ2) is 2.81. The first-order valence-corrected chi connectivity index (χ1v) is 5.45. The van der Waals surface area contributed by atoms with E-state index in [1.165, 1.54) is 4.21 Å². The third-order valence-electron chi connectivity index (χ3n) is 1.88. The van der Waals surface area contributed by atoms with Gasteiger partial charge in [0.2, 0.25) is 0 Å². The fourth-order valence-corrected chi connectivity index (χ4v) is 3.86. The molecule has 1 unspecified atom stereocenters. The lowest BCUT2D eigenvalue weighted by Crippen LogP contribution is -2.10. The molecule has 1 aliphatic rings. The molecule has 1 aliphatic heterocycles. The quantitative estimate of drug-likeness (QED) is 0.672. The smallest absolute Gasteiger partial charge is 0.0819 e. The minimum absolute atomic E-state index is 0.215. The summed E-state index contributed by atoms with van der Waals surface area (Å²) in [6, 6.07) is 2.03. The van der Waals surface area contributed by atoms with Crippen LogP contribution >= 0.6 is 23.1 Å². The summed E-state index contributed by atoms with van der Waals surface area (Å²) in [5, 5.41) is 12.2. The standard InChI is InChI=1S/C8H10OS2/c1-5-4-7(9)6-2-3-10-8(6)11-5/h2-3,5,7,9H,4H2,1H3/t5-,7?/m1/s1. The van der Waals surface area contributed by atoms with Gasteiger partial charge in [-0.15, -0.1) is 23.1 Å². The molecule has 0 radical (unpaired) electrons. The van der Waals surface area contributed by atoms with Gasteiger partial charge in [0, 0.05) is 10.8 Å². The summed E-state index contributed by atoms with van der Waals surface area (Å²) in [5.74, 6) is 0. The van der Waals surface area contributed by atoms with Crippen LogP contribution in [0.15, 0.2) is 15.7 Å². The van der Waals surface area contributed by atoms with Crippen LogP contribution in [0.1, 0.15) is 25.0 Å². The Labute approximate surface area is 74.4 Å². The molecule has 0 saturated carbocycles. The third-order valence-corrected chi connectivity index (χ3v) is 4.22. The first kappa shape index (κ1) is 7.65. The Hall–Kier alpha value is 0.01000. The number of fused-ring (bicyclic) bond motifs is 1. The van der Waals surface area contributed by atoms with Crippen molar-refractivity contribution in [2.24, 2.45) is 0 Å². The van der Waals surface area contributed by atoms with Crippen LogP contribution in [0.3, 0.4) is 0 Å². The Bertz CT molecular complexity index is 256. The van der Waals surface area contributed by atoms with Crippen molar-refractivity contribution in [3.8, 4) is 0 Å². The van der Waals surface area contributed by atoms with Crippen LogP contribution in [0, 0.1) is 0 Å². The van der Waals surface area contributed by atoms with Gasteiger partial charge in [0.25, 0.3) is 0 Å². The van der Waals surface area contributed by atoms with Gasteiger partial charge in [0.15, 0.2) is 0 Å². The monoisotopic (exact) mass is 186 g/mol. The van der Waals surface area contributed by atoms with Gasteiger partial charge in [-0.3, -0.25) is 0 Å². The van der Waals surface area contributed by atoms with E-state index in [0.717, 1.165) is 12.0 Å². The Morgan fingerprint density at radius 3 is 3.27 bits per heavy atom. The molecular formula is C8H10OS2. The normalized spacial score (nSPS) is 30.0. The highest BCUT2D eigenvalue weighted by atomic mass is 32.2. The minimum Gasteiger partial charge on any atom is -0.388 e. The van der Waals surface area contributed by atoms with Crippen LogP contribution < -0.4 is 0 Å². The second-order valence-electron chi connectivity index (χ2n) is 2.84. The van der Waals surface area contributed by atoms with Gasteiger partial charge < -0.3 is 5.11 Å². The van der Waals surface area contributed by atoms with Crippen LogP contribution in [0.2, 0.25) is 0 Å².